The average molecular weight is 292 g/mol. The highest BCUT2D eigenvalue weighted by Crippen LogP contribution is 2.26. The maximum atomic E-state index is 12.2. The van der Waals surface area contributed by atoms with Gasteiger partial charge in [-0.25, -0.2) is 4.79 Å². The van der Waals surface area contributed by atoms with Crippen LogP contribution in [0, 0.1) is 0 Å². The quantitative estimate of drug-likeness (QED) is 0.342. The summed E-state index contributed by atoms with van der Waals surface area (Å²) in [7, 11) is 1.50. The lowest BCUT2D eigenvalue weighted by Gasteiger charge is -2.27. The Morgan fingerprint density at radius 2 is 2.10 bits per heavy atom. The molecule has 1 aliphatic rings. The van der Waals surface area contributed by atoms with Gasteiger partial charge in [0.25, 0.3) is 0 Å². The molecule has 0 aliphatic carbocycles. The Bertz CT molecular complexity index is 539. The Hall–Kier alpha value is -2.44. The largest absolute Gasteiger partial charge is 0.495 e. The molecule has 114 valence electrons. The van der Waals surface area contributed by atoms with Gasteiger partial charge in [-0.2, -0.15) is 0 Å². The van der Waals surface area contributed by atoms with Gasteiger partial charge in [-0.1, -0.05) is 5.16 Å². The van der Waals surface area contributed by atoms with E-state index in [1.54, 1.807) is 23.1 Å². The Kier molecular flexibility index (Phi) is 4.86. The van der Waals surface area contributed by atoms with E-state index in [4.69, 9.17) is 15.7 Å². The number of oxime groups is 1. The fourth-order valence-electron chi connectivity index (χ4n) is 2.30. The Balaban J connectivity index is 2.13. The number of amides is 2. The normalized spacial score (nSPS) is 15.7. The molecule has 7 nitrogen and oxygen atoms in total. The van der Waals surface area contributed by atoms with Crippen LogP contribution in [0.3, 0.4) is 0 Å². The van der Waals surface area contributed by atoms with E-state index in [9.17, 15) is 4.79 Å². The number of carbonyl (C=O) groups is 1. The Morgan fingerprint density at radius 1 is 1.38 bits per heavy atom. The maximum Gasteiger partial charge on any atom is 0.321 e. The fourth-order valence-corrected chi connectivity index (χ4v) is 2.30. The molecule has 2 rings (SSSR count). The molecule has 4 N–H and O–H groups in total. The Morgan fingerprint density at radius 3 is 2.71 bits per heavy atom. The number of benzene rings is 1. The molecule has 0 radical (unpaired) electrons. The van der Waals surface area contributed by atoms with Crippen molar-refractivity contribution < 1.29 is 14.7 Å². The minimum Gasteiger partial charge on any atom is -0.495 e. The maximum absolute atomic E-state index is 12.2. The first-order valence-electron chi connectivity index (χ1n) is 6.87. The van der Waals surface area contributed by atoms with Crippen LogP contribution in [-0.2, 0) is 0 Å². The molecule has 1 saturated heterocycles. The number of nitrogens with one attached hydrogen (secondary N) is 1. The van der Waals surface area contributed by atoms with E-state index in [0.717, 1.165) is 25.9 Å². The molecule has 0 atom stereocenters. The molecule has 1 aliphatic heterocycles. The summed E-state index contributed by atoms with van der Waals surface area (Å²) in [5.41, 5.74) is 6.61. The minimum absolute atomic E-state index is 0.0118. The van der Waals surface area contributed by atoms with Crippen molar-refractivity contribution in [1.82, 2.24) is 4.90 Å². The predicted octanol–water partition coefficient (Wildman–Crippen LogP) is 1.81. The molecule has 1 aromatic rings. The molecule has 21 heavy (non-hydrogen) atoms. The zero-order valence-electron chi connectivity index (χ0n) is 12.0. The van der Waals surface area contributed by atoms with Crippen molar-refractivity contribution in [1.29, 1.82) is 0 Å². The van der Waals surface area contributed by atoms with E-state index in [2.05, 4.69) is 10.5 Å². The first-order chi connectivity index (χ1) is 10.2. The Labute approximate surface area is 123 Å². The first kappa shape index (κ1) is 15.0. The first-order valence-corrected chi connectivity index (χ1v) is 6.87. The van der Waals surface area contributed by atoms with E-state index in [1.807, 2.05) is 0 Å². The number of nitrogens with zero attached hydrogens (tertiary/aromatic N) is 2. The summed E-state index contributed by atoms with van der Waals surface area (Å²) in [5, 5.41) is 14.5. The summed E-state index contributed by atoms with van der Waals surface area (Å²) in [5.74, 6) is 0.451. The van der Waals surface area contributed by atoms with E-state index >= 15 is 0 Å². The predicted molar refractivity (Wildman–Crippen MR) is 79.9 cm³/mol. The van der Waals surface area contributed by atoms with E-state index in [0.29, 0.717) is 17.0 Å². The molecule has 1 heterocycles. The zero-order chi connectivity index (χ0) is 15.2. The molecule has 2 amide bonds. The number of anilines is 1. The third-order valence-corrected chi connectivity index (χ3v) is 3.49. The van der Waals surface area contributed by atoms with Crippen LogP contribution in [0.25, 0.3) is 0 Å². The third kappa shape index (κ3) is 3.56. The lowest BCUT2D eigenvalue weighted by molar-refractivity contribution is 0.200. The summed E-state index contributed by atoms with van der Waals surface area (Å²) >= 11 is 0. The standard InChI is InChI=1S/C14H20N4O3/c1-21-12-9-10(13(15)17-20)5-6-11(12)16-14(19)18-7-3-2-4-8-18/h5-6,9,20H,2-4,7-8H2,1H3,(H2,15,17)(H,16,19). The van der Waals surface area contributed by atoms with Gasteiger partial charge in [0.15, 0.2) is 5.84 Å². The van der Waals surface area contributed by atoms with Crippen molar-refractivity contribution in [2.75, 3.05) is 25.5 Å². The van der Waals surface area contributed by atoms with Crippen LogP contribution in [0.5, 0.6) is 5.75 Å². The number of hydrogen-bond acceptors (Lipinski definition) is 4. The summed E-state index contributed by atoms with van der Waals surface area (Å²) in [6, 6.07) is 4.81. The van der Waals surface area contributed by atoms with Crippen molar-refractivity contribution in [2.24, 2.45) is 10.9 Å². The van der Waals surface area contributed by atoms with Crippen molar-refractivity contribution >= 4 is 17.6 Å². The molecule has 0 saturated carbocycles. The van der Waals surface area contributed by atoms with Crippen LogP contribution < -0.4 is 15.8 Å². The molecule has 0 bridgehead atoms. The van der Waals surface area contributed by atoms with Gasteiger partial charge in [-0.05, 0) is 37.5 Å². The highest BCUT2D eigenvalue weighted by Gasteiger charge is 2.18. The number of nitrogens with two attached hydrogens (primary N) is 1. The van der Waals surface area contributed by atoms with Crippen LogP contribution in [0.2, 0.25) is 0 Å². The number of likely N-dealkylation sites (tertiary alicyclic amines) is 1. The van der Waals surface area contributed by atoms with Crippen molar-refractivity contribution in [3.05, 3.63) is 23.8 Å². The number of hydrogen-bond donors (Lipinski definition) is 3. The van der Waals surface area contributed by atoms with Crippen molar-refractivity contribution in [3.8, 4) is 5.75 Å². The number of carbonyl (C=O) groups excluding carboxylic acids is 1. The van der Waals surface area contributed by atoms with E-state index in [-0.39, 0.29) is 11.9 Å². The third-order valence-electron chi connectivity index (χ3n) is 3.49. The molecular weight excluding hydrogens is 272 g/mol. The van der Waals surface area contributed by atoms with Gasteiger partial charge in [0.2, 0.25) is 0 Å². The second kappa shape index (κ2) is 6.83. The fraction of sp³-hybridized carbons (Fsp3) is 0.429. The summed E-state index contributed by atoms with van der Waals surface area (Å²) in [4.78, 5) is 14.0. The second-order valence-corrected chi connectivity index (χ2v) is 4.88. The number of amidine groups is 1. The molecule has 0 spiro atoms. The molecular formula is C14H20N4O3. The average Bonchev–Trinajstić information content (AvgIpc) is 2.55. The molecule has 1 fully saturated rings. The van der Waals surface area contributed by atoms with E-state index < -0.39 is 0 Å². The minimum atomic E-state index is -0.135. The SMILES string of the molecule is COc1cc(/C(N)=N/O)ccc1NC(=O)N1CCCCC1. The van der Waals surface area contributed by atoms with E-state index in [1.165, 1.54) is 13.5 Å². The highest BCUT2D eigenvalue weighted by molar-refractivity contribution is 5.99. The lowest BCUT2D eigenvalue weighted by atomic mass is 10.1. The number of ether oxygens (including phenoxy) is 1. The summed E-state index contributed by atoms with van der Waals surface area (Å²) in [6.45, 7) is 1.55. The molecule has 0 unspecified atom stereocenters. The van der Waals surface area contributed by atoms with Crippen LogP contribution >= 0.6 is 0 Å². The van der Waals surface area contributed by atoms with Gasteiger partial charge in [0.05, 0.1) is 12.8 Å². The monoisotopic (exact) mass is 292 g/mol. The number of methoxy groups -OCH3 is 1. The highest BCUT2D eigenvalue weighted by atomic mass is 16.5. The second-order valence-electron chi connectivity index (χ2n) is 4.88. The van der Waals surface area contributed by atoms with Gasteiger partial charge in [-0.3, -0.25) is 0 Å². The van der Waals surface area contributed by atoms with Gasteiger partial charge >= 0.3 is 6.03 Å². The summed E-state index contributed by atoms with van der Waals surface area (Å²) < 4.78 is 5.24. The topological polar surface area (TPSA) is 100 Å². The number of urea groups is 1. The van der Waals surface area contributed by atoms with Crippen LogP contribution in [0.4, 0.5) is 10.5 Å². The van der Waals surface area contributed by atoms with Crippen LogP contribution in [0.1, 0.15) is 24.8 Å². The van der Waals surface area contributed by atoms with Crippen molar-refractivity contribution in [3.63, 3.8) is 0 Å². The van der Waals surface area contributed by atoms with Gasteiger partial charge < -0.3 is 25.9 Å². The molecule has 7 heteroatoms. The molecule has 1 aromatic carbocycles. The summed E-state index contributed by atoms with van der Waals surface area (Å²) in [6.07, 6.45) is 3.24. The smallest absolute Gasteiger partial charge is 0.321 e. The van der Waals surface area contributed by atoms with Gasteiger partial charge in [0.1, 0.15) is 5.75 Å². The van der Waals surface area contributed by atoms with Gasteiger partial charge in [0, 0.05) is 18.7 Å². The van der Waals surface area contributed by atoms with Crippen LogP contribution in [-0.4, -0.2) is 42.2 Å². The van der Waals surface area contributed by atoms with Crippen molar-refractivity contribution in [2.45, 2.75) is 19.3 Å². The lowest BCUT2D eigenvalue weighted by Crippen LogP contribution is -2.38. The van der Waals surface area contributed by atoms with Crippen LogP contribution in [0.15, 0.2) is 23.4 Å². The molecule has 0 aromatic heterocycles. The van der Waals surface area contributed by atoms with Gasteiger partial charge in [-0.15, -0.1) is 0 Å². The zero-order valence-corrected chi connectivity index (χ0v) is 12.0. The number of rotatable bonds is 3. The number of piperidine rings is 1.